The Kier molecular flexibility index (Phi) is 5.85. The molecule has 2 N–H and O–H groups in total. The maximum Gasteiger partial charge on any atom is 0.172 e. The van der Waals surface area contributed by atoms with Crippen LogP contribution in [0.3, 0.4) is 0 Å². The van der Waals surface area contributed by atoms with Crippen molar-refractivity contribution in [2.75, 3.05) is 19.4 Å². The van der Waals surface area contributed by atoms with E-state index < -0.39 is 0 Å². The lowest BCUT2D eigenvalue weighted by Crippen LogP contribution is -2.26. The Labute approximate surface area is 127 Å². The minimum atomic E-state index is 0.161. The fourth-order valence-corrected chi connectivity index (χ4v) is 3.99. The lowest BCUT2D eigenvalue weighted by atomic mass is 10.1. The van der Waals surface area contributed by atoms with E-state index >= 15 is 0 Å². The van der Waals surface area contributed by atoms with E-state index in [1.165, 1.54) is 25.0 Å². The molecule has 5 heteroatoms. The summed E-state index contributed by atoms with van der Waals surface area (Å²) in [5.41, 5.74) is 1.11. The molecule has 1 unspecified atom stereocenters. The van der Waals surface area contributed by atoms with Gasteiger partial charge in [0.15, 0.2) is 11.5 Å². The Balaban J connectivity index is 1.86. The van der Waals surface area contributed by atoms with Crippen molar-refractivity contribution in [1.29, 1.82) is 0 Å². The number of aromatic hydroxyl groups is 1. The largest absolute Gasteiger partial charge is 0.503 e. The van der Waals surface area contributed by atoms with Crippen molar-refractivity contribution in [3.63, 3.8) is 0 Å². The first kappa shape index (κ1) is 15.0. The molecule has 1 fully saturated rings. The van der Waals surface area contributed by atoms with Gasteiger partial charge in [0.25, 0.3) is 0 Å². The van der Waals surface area contributed by atoms with Crippen molar-refractivity contribution in [3.05, 3.63) is 22.2 Å². The van der Waals surface area contributed by atoms with Crippen molar-refractivity contribution in [3.8, 4) is 11.5 Å². The molecule has 0 radical (unpaired) electrons. The molecule has 0 aliphatic carbocycles. The Morgan fingerprint density at radius 2 is 2.32 bits per heavy atom. The highest BCUT2D eigenvalue weighted by atomic mass is 79.9. The summed E-state index contributed by atoms with van der Waals surface area (Å²) in [6.45, 7) is 1.85. The highest BCUT2D eigenvalue weighted by Gasteiger charge is 2.13. The lowest BCUT2D eigenvalue weighted by Gasteiger charge is -2.21. The van der Waals surface area contributed by atoms with Gasteiger partial charge in [0.1, 0.15) is 0 Å². The summed E-state index contributed by atoms with van der Waals surface area (Å²) in [5, 5.41) is 14.0. The van der Waals surface area contributed by atoms with Gasteiger partial charge in [-0.1, -0.05) is 6.42 Å². The maximum atomic E-state index is 9.76. The van der Waals surface area contributed by atoms with Crippen LogP contribution in [0.5, 0.6) is 11.5 Å². The third kappa shape index (κ3) is 4.29. The predicted octanol–water partition coefficient (Wildman–Crippen LogP) is 3.54. The normalized spacial score (nSPS) is 19.4. The molecule has 1 aromatic rings. The van der Waals surface area contributed by atoms with Gasteiger partial charge in [0.05, 0.1) is 11.6 Å². The number of rotatable bonds is 5. The molecule has 3 nitrogen and oxygen atoms in total. The first-order valence-electron chi connectivity index (χ1n) is 6.58. The Morgan fingerprint density at radius 3 is 3.00 bits per heavy atom. The van der Waals surface area contributed by atoms with Gasteiger partial charge in [0.2, 0.25) is 0 Å². The number of ether oxygens (including phenoxy) is 1. The molecular formula is C14H20BrNO2S. The van der Waals surface area contributed by atoms with E-state index in [4.69, 9.17) is 4.74 Å². The van der Waals surface area contributed by atoms with Gasteiger partial charge in [-0.25, -0.2) is 0 Å². The number of phenols is 1. The zero-order chi connectivity index (χ0) is 13.7. The topological polar surface area (TPSA) is 41.5 Å². The molecule has 1 atom stereocenters. The molecule has 1 heterocycles. The second kappa shape index (κ2) is 7.41. The molecule has 0 spiro atoms. The van der Waals surface area contributed by atoms with E-state index in [-0.39, 0.29) is 5.75 Å². The molecule has 0 amide bonds. The van der Waals surface area contributed by atoms with Crippen molar-refractivity contribution < 1.29 is 9.84 Å². The Hall–Kier alpha value is -0.390. The number of phenolic OH excluding ortho intramolecular Hbond substituents is 1. The van der Waals surface area contributed by atoms with Gasteiger partial charge >= 0.3 is 0 Å². The second-order valence-electron chi connectivity index (χ2n) is 4.75. The summed E-state index contributed by atoms with van der Waals surface area (Å²) in [4.78, 5) is 0. The first-order chi connectivity index (χ1) is 9.20. The highest BCUT2D eigenvalue weighted by Crippen LogP contribution is 2.35. The first-order valence-corrected chi connectivity index (χ1v) is 8.42. The number of thioether (sulfide) groups is 1. The molecule has 1 aliphatic heterocycles. The van der Waals surface area contributed by atoms with Gasteiger partial charge < -0.3 is 15.2 Å². The third-order valence-corrected chi connectivity index (χ3v) is 5.29. The van der Waals surface area contributed by atoms with Crippen LogP contribution in [-0.2, 0) is 6.54 Å². The van der Waals surface area contributed by atoms with Gasteiger partial charge in [-0.05, 0) is 52.2 Å². The summed E-state index contributed by atoms with van der Waals surface area (Å²) >= 11 is 5.42. The summed E-state index contributed by atoms with van der Waals surface area (Å²) in [6.07, 6.45) is 4.04. The smallest absolute Gasteiger partial charge is 0.172 e. The summed E-state index contributed by atoms with van der Waals surface area (Å²) in [5.74, 6) is 1.97. The maximum absolute atomic E-state index is 9.76. The Morgan fingerprint density at radius 1 is 1.47 bits per heavy atom. The van der Waals surface area contributed by atoms with E-state index in [9.17, 15) is 5.11 Å². The van der Waals surface area contributed by atoms with Gasteiger partial charge in [-0.3, -0.25) is 0 Å². The van der Waals surface area contributed by atoms with Crippen LogP contribution < -0.4 is 10.1 Å². The fourth-order valence-electron chi connectivity index (χ4n) is 2.23. The molecule has 1 saturated heterocycles. The van der Waals surface area contributed by atoms with Crippen LogP contribution in [-0.4, -0.2) is 29.8 Å². The average Bonchev–Trinajstić information content (AvgIpc) is 2.43. The monoisotopic (exact) mass is 345 g/mol. The molecule has 19 heavy (non-hydrogen) atoms. The minimum absolute atomic E-state index is 0.161. The number of nitrogens with one attached hydrogen (secondary N) is 1. The van der Waals surface area contributed by atoms with Gasteiger partial charge in [-0.2, -0.15) is 11.8 Å². The molecule has 2 rings (SSSR count). The minimum Gasteiger partial charge on any atom is -0.503 e. The van der Waals surface area contributed by atoms with Crippen molar-refractivity contribution in [1.82, 2.24) is 5.32 Å². The van der Waals surface area contributed by atoms with E-state index in [1.807, 2.05) is 12.1 Å². The second-order valence-corrected chi connectivity index (χ2v) is 7.01. The number of hydrogen-bond donors (Lipinski definition) is 2. The Bertz CT molecular complexity index is 422. The summed E-state index contributed by atoms with van der Waals surface area (Å²) in [7, 11) is 1.57. The molecule has 106 valence electrons. The third-order valence-electron chi connectivity index (χ3n) is 3.28. The van der Waals surface area contributed by atoms with E-state index in [1.54, 1.807) is 7.11 Å². The van der Waals surface area contributed by atoms with E-state index in [0.29, 0.717) is 10.2 Å². The molecule has 1 aliphatic rings. The zero-order valence-electron chi connectivity index (χ0n) is 11.1. The van der Waals surface area contributed by atoms with Crippen LogP contribution in [0.1, 0.15) is 24.8 Å². The SMILES string of the molecule is COc1cc(CNCC2CCCCS2)cc(Br)c1O. The van der Waals surface area contributed by atoms with Gasteiger partial charge in [0, 0.05) is 18.3 Å². The van der Waals surface area contributed by atoms with Gasteiger partial charge in [-0.15, -0.1) is 0 Å². The fraction of sp³-hybridized carbons (Fsp3) is 0.571. The number of halogens is 1. The predicted molar refractivity (Wildman–Crippen MR) is 84.2 cm³/mol. The molecule has 0 bridgehead atoms. The molecule has 0 saturated carbocycles. The summed E-state index contributed by atoms with van der Waals surface area (Å²) in [6, 6.07) is 3.81. The lowest BCUT2D eigenvalue weighted by molar-refractivity contribution is 0.371. The quantitative estimate of drug-likeness (QED) is 0.856. The van der Waals surface area contributed by atoms with Crippen LogP contribution in [0.25, 0.3) is 0 Å². The number of benzene rings is 1. The van der Waals surface area contributed by atoms with Crippen LogP contribution in [0.15, 0.2) is 16.6 Å². The number of methoxy groups -OCH3 is 1. The molecule has 1 aromatic carbocycles. The molecular weight excluding hydrogens is 326 g/mol. The molecule has 0 aromatic heterocycles. The number of hydrogen-bond acceptors (Lipinski definition) is 4. The summed E-state index contributed by atoms with van der Waals surface area (Å²) < 4.78 is 5.83. The average molecular weight is 346 g/mol. The van der Waals surface area contributed by atoms with E-state index in [2.05, 4.69) is 33.0 Å². The van der Waals surface area contributed by atoms with Crippen LogP contribution in [0.4, 0.5) is 0 Å². The highest BCUT2D eigenvalue weighted by molar-refractivity contribution is 9.10. The van der Waals surface area contributed by atoms with Crippen molar-refractivity contribution in [2.24, 2.45) is 0 Å². The zero-order valence-corrected chi connectivity index (χ0v) is 13.5. The van der Waals surface area contributed by atoms with Crippen LogP contribution in [0.2, 0.25) is 0 Å². The van der Waals surface area contributed by atoms with E-state index in [0.717, 1.165) is 23.9 Å². The van der Waals surface area contributed by atoms with Crippen LogP contribution >= 0.6 is 27.7 Å². The van der Waals surface area contributed by atoms with Crippen LogP contribution in [0, 0.1) is 0 Å². The standard InChI is InChI=1S/C14H20BrNO2S/c1-18-13-7-10(6-12(15)14(13)17)8-16-9-11-4-2-3-5-19-11/h6-7,11,16-17H,2-5,8-9H2,1H3. The van der Waals surface area contributed by atoms with Crippen molar-refractivity contribution >= 4 is 27.7 Å². The van der Waals surface area contributed by atoms with Crippen molar-refractivity contribution in [2.45, 2.75) is 31.1 Å².